The summed E-state index contributed by atoms with van der Waals surface area (Å²) in [7, 11) is 1.44. The van der Waals surface area contributed by atoms with Crippen molar-refractivity contribution in [1.29, 1.82) is 0 Å². The third-order valence-corrected chi connectivity index (χ3v) is 2.08. The van der Waals surface area contributed by atoms with Gasteiger partial charge in [-0.25, -0.2) is 4.79 Å². The van der Waals surface area contributed by atoms with Gasteiger partial charge >= 0.3 is 5.97 Å². The van der Waals surface area contributed by atoms with Crippen LogP contribution in [0.5, 0.6) is 5.75 Å². The summed E-state index contributed by atoms with van der Waals surface area (Å²) in [5.74, 6) is -0.642. The molecule has 76 valence electrons. The highest BCUT2D eigenvalue weighted by atomic mass is 16.5. The molecular weight excluding hydrogens is 182 g/mol. The van der Waals surface area contributed by atoms with E-state index in [4.69, 9.17) is 15.6 Å². The summed E-state index contributed by atoms with van der Waals surface area (Å²) < 4.78 is 5.05. The Morgan fingerprint density at radius 2 is 2.21 bits per heavy atom. The van der Waals surface area contributed by atoms with Gasteiger partial charge in [-0.2, -0.15) is 0 Å². The highest BCUT2D eigenvalue weighted by Gasteiger charge is 2.15. The van der Waals surface area contributed by atoms with Crippen molar-refractivity contribution in [1.82, 2.24) is 0 Å². The molecule has 3 N–H and O–H groups in total. The molecule has 0 bridgehead atoms. The van der Waals surface area contributed by atoms with Gasteiger partial charge in [0.05, 0.1) is 7.11 Å². The van der Waals surface area contributed by atoms with Crippen molar-refractivity contribution in [3.63, 3.8) is 0 Å². The van der Waals surface area contributed by atoms with Gasteiger partial charge in [-0.1, -0.05) is 6.92 Å². The van der Waals surface area contributed by atoms with Crippen molar-refractivity contribution in [2.24, 2.45) is 0 Å². The molecule has 0 amide bonds. The van der Waals surface area contributed by atoms with Crippen molar-refractivity contribution >= 4 is 11.7 Å². The molecule has 0 aliphatic heterocycles. The number of rotatable bonds is 3. The van der Waals surface area contributed by atoms with E-state index in [-0.39, 0.29) is 5.56 Å². The van der Waals surface area contributed by atoms with Crippen LogP contribution in [0.3, 0.4) is 0 Å². The fourth-order valence-electron chi connectivity index (χ4n) is 1.41. The zero-order valence-electron chi connectivity index (χ0n) is 8.20. The van der Waals surface area contributed by atoms with Gasteiger partial charge < -0.3 is 15.6 Å². The van der Waals surface area contributed by atoms with Gasteiger partial charge in [0, 0.05) is 11.3 Å². The van der Waals surface area contributed by atoms with Crippen LogP contribution in [0.4, 0.5) is 5.69 Å². The Morgan fingerprint density at radius 3 is 2.64 bits per heavy atom. The Labute approximate surface area is 82.3 Å². The van der Waals surface area contributed by atoms with Gasteiger partial charge in [-0.15, -0.1) is 0 Å². The van der Waals surface area contributed by atoms with E-state index in [0.29, 0.717) is 17.9 Å². The summed E-state index contributed by atoms with van der Waals surface area (Å²) in [6.07, 6.45) is 0.649. The molecule has 0 saturated heterocycles. The summed E-state index contributed by atoms with van der Waals surface area (Å²) in [4.78, 5) is 10.8. The first kappa shape index (κ1) is 10.4. The van der Waals surface area contributed by atoms with Gasteiger partial charge in [0.15, 0.2) is 0 Å². The van der Waals surface area contributed by atoms with Crippen LogP contribution in [0.1, 0.15) is 22.8 Å². The quantitative estimate of drug-likeness (QED) is 0.717. The Morgan fingerprint density at radius 1 is 1.57 bits per heavy atom. The van der Waals surface area contributed by atoms with Crippen LogP contribution >= 0.6 is 0 Å². The SMILES string of the molecule is CCc1c(N)ccc(C(=O)O)c1OC. The number of benzene rings is 1. The van der Waals surface area contributed by atoms with Crippen LogP contribution in [0.25, 0.3) is 0 Å². The molecule has 4 heteroatoms. The van der Waals surface area contributed by atoms with Gasteiger partial charge in [-0.05, 0) is 18.6 Å². The second-order valence-corrected chi connectivity index (χ2v) is 2.87. The minimum Gasteiger partial charge on any atom is -0.495 e. The molecule has 0 spiro atoms. The van der Waals surface area contributed by atoms with Gasteiger partial charge in [-0.3, -0.25) is 0 Å². The third-order valence-electron chi connectivity index (χ3n) is 2.08. The number of carboxylic acid groups (broad SMARTS) is 1. The summed E-state index contributed by atoms with van der Waals surface area (Å²) in [5, 5.41) is 8.89. The van der Waals surface area contributed by atoms with Gasteiger partial charge in [0.1, 0.15) is 11.3 Å². The summed E-state index contributed by atoms with van der Waals surface area (Å²) in [5.41, 5.74) is 7.16. The Balaban J connectivity index is 3.40. The zero-order valence-corrected chi connectivity index (χ0v) is 8.20. The first-order chi connectivity index (χ1) is 6.61. The molecular formula is C10H13NO3. The lowest BCUT2D eigenvalue weighted by Gasteiger charge is -2.11. The Bertz CT molecular complexity index is 361. The van der Waals surface area contributed by atoms with Crippen LogP contribution < -0.4 is 10.5 Å². The number of nitrogen functional groups attached to an aromatic ring is 1. The standard InChI is InChI=1S/C10H13NO3/c1-3-6-8(11)5-4-7(10(12)13)9(6)14-2/h4-5H,3,11H2,1-2H3,(H,12,13). The predicted molar refractivity (Wildman–Crippen MR) is 53.7 cm³/mol. The fraction of sp³-hybridized carbons (Fsp3) is 0.300. The Hall–Kier alpha value is -1.71. The maximum atomic E-state index is 10.8. The van der Waals surface area contributed by atoms with Crippen molar-refractivity contribution < 1.29 is 14.6 Å². The predicted octanol–water partition coefficient (Wildman–Crippen LogP) is 1.54. The highest BCUT2D eigenvalue weighted by molar-refractivity contribution is 5.92. The number of aromatic carboxylic acids is 1. The molecule has 0 aliphatic rings. The highest BCUT2D eigenvalue weighted by Crippen LogP contribution is 2.29. The maximum absolute atomic E-state index is 10.8. The summed E-state index contributed by atoms with van der Waals surface area (Å²) >= 11 is 0. The van der Waals surface area contributed by atoms with E-state index in [2.05, 4.69) is 0 Å². The number of hydrogen-bond acceptors (Lipinski definition) is 3. The molecule has 0 radical (unpaired) electrons. The van der Waals surface area contributed by atoms with E-state index < -0.39 is 5.97 Å². The monoisotopic (exact) mass is 195 g/mol. The van der Waals surface area contributed by atoms with E-state index in [1.807, 2.05) is 6.92 Å². The van der Waals surface area contributed by atoms with Crippen molar-refractivity contribution in [2.75, 3.05) is 12.8 Å². The molecule has 1 aromatic carbocycles. The van der Waals surface area contributed by atoms with Crippen LogP contribution in [-0.4, -0.2) is 18.2 Å². The fourth-order valence-corrected chi connectivity index (χ4v) is 1.41. The molecule has 4 nitrogen and oxygen atoms in total. The van der Waals surface area contributed by atoms with E-state index in [9.17, 15) is 4.79 Å². The molecule has 0 fully saturated rings. The third kappa shape index (κ3) is 1.64. The van der Waals surface area contributed by atoms with Crippen LogP contribution in [0, 0.1) is 0 Å². The average Bonchev–Trinajstić information content (AvgIpc) is 2.16. The van der Waals surface area contributed by atoms with E-state index in [0.717, 1.165) is 5.56 Å². The zero-order chi connectivity index (χ0) is 10.7. The Kier molecular flexibility index (Phi) is 2.96. The lowest BCUT2D eigenvalue weighted by molar-refractivity contribution is 0.0693. The normalized spacial score (nSPS) is 9.86. The lowest BCUT2D eigenvalue weighted by Crippen LogP contribution is -2.05. The first-order valence-corrected chi connectivity index (χ1v) is 4.30. The molecule has 1 aromatic rings. The van der Waals surface area contributed by atoms with Crippen LogP contribution in [0.2, 0.25) is 0 Å². The number of carboxylic acids is 1. The van der Waals surface area contributed by atoms with Crippen molar-refractivity contribution in [3.05, 3.63) is 23.3 Å². The first-order valence-electron chi connectivity index (χ1n) is 4.30. The number of nitrogens with two attached hydrogens (primary N) is 1. The molecule has 14 heavy (non-hydrogen) atoms. The van der Waals surface area contributed by atoms with Crippen LogP contribution in [0.15, 0.2) is 12.1 Å². The second kappa shape index (κ2) is 4.00. The molecule has 1 rings (SSSR count). The number of hydrogen-bond donors (Lipinski definition) is 2. The summed E-state index contributed by atoms with van der Waals surface area (Å²) in [6.45, 7) is 1.90. The van der Waals surface area contributed by atoms with E-state index in [1.165, 1.54) is 13.2 Å². The smallest absolute Gasteiger partial charge is 0.339 e. The number of methoxy groups -OCH3 is 1. The average molecular weight is 195 g/mol. The molecule has 0 heterocycles. The van der Waals surface area contributed by atoms with Crippen molar-refractivity contribution in [2.45, 2.75) is 13.3 Å². The topological polar surface area (TPSA) is 72.6 Å². The maximum Gasteiger partial charge on any atom is 0.339 e. The minimum atomic E-state index is -1.00. The summed E-state index contributed by atoms with van der Waals surface area (Å²) in [6, 6.07) is 3.04. The van der Waals surface area contributed by atoms with E-state index >= 15 is 0 Å². The number of ether oxygens (including phenoxy) is 1. The molecule has 0 saturated carbocycles. The lowest BCUT2D eigenvalue weighted by atomic mass is 10.0. The number of carbonyl (C=O) groups is 1. The molecule has 0 atom stereocenters. The molecule has 0 aromatic heterocycles. The largest absolute Gasteiger partial charge is 0.495 e. The van der Waals surface area contributed by atoms with Gasteiger partial charge in [0.2, 0.25) is 0 Å². The van der Waals surface area contributed by atoms with Crippen LogP contribution in [-0.2, 0) is 6.42 Å². The second-order valence-electron chi connectivity index (χ2n) is 2.87. The van der Waals surface area contributed by atoms with Gasteiger partial charge in [0.25, 0.3) is 0 Å². The number of anilines is 1. The van der Waals surface area contributed by atoms with Crippen molar-refractivity contribution in [3.8, 4) is 5.75 Å². The molecule has 0 unspecified atom stereocenters. The minimum absolute atomic E-state index is 0.151. The van der Waals surface area contributed by atoms with E-state index in [1.54, 1.807) is 6.07 Å². The molecule has 0 aliphatic carbocycles.